The van der Waals surface area contributed by atoms with Gasteiger partial charge in [-0.1, -0.05) is 18.6 Å². The summed E-state index contributed by atoms with van der Waals surface area (Å²) in [5, 5.41) is 25.0. The number of nitrogens with zero attached hydrogens (tertiary/aromatic N) is 1. The number of Topliss-reactive ketones (excluding diaryl/α,β-unsaturated/α-hetero) is 1. The molecule has 0 radical (unpaired) electrons. The normalized spacial score (nSPS) is 17.7. The first kappa shape index (κ1) is 21.8. The van der Waals surface area contributed by atoms with Crippen LogP contribution in [0, 0.1) is 0 Å². The molecule has 0 saturated carbocycles. The summed E-state index contributed by atoms with van der Waals surface area (Å²) in [6.45, 7) is 3.12. The van der Waals surface area contributed by atoms with Crippen molar-refractivity contribution in [2.45, 2.75) is 44.6 Å². The van der Waals surface area contributed by atoms with Gasteiger partial charge in [0.25, 0.3) is 0 Å². The summed E-state index contributed by atoms with van der Waals surface area (Å²) in [4.78, 5) is 32.4. The molecule has 1 aliphatic heterocycles. The summed E-state index contributed by atoms with van der Waals surface area (Å²) in [6, 6.07) is 5.66. The minimum atomic E-state index is -1.82. The first-order valence-electron chi connectivity index (χ1n) is 9.53. The Balaban J connectivity index is 0.000000409. The van der Waals surface area contributed by atoms with Crippen molar-refractivity contribution in [3.8, 4) is 5.75 Å². The number of benzene rings is 1. The van der Waals surface area contributed by atoms with Crippen molar-refractivity contribution >= 4 is 17.7 Å². The van der Waals surface area contributed by atoms with Crippen LogP contribution in [-0.4, -0.2) is 70.3 Å². The number of rotatable bonds is 5. The molecule has 1 aromatic carbocycles. The van der Waals surface area contributed by atoms with Gasteiger partial charge in [-0.15, -0.1) is 0 Å². The number of fused-ring (bicyclic) bond motifs is 1. The van der Waals surface area contributed by atoms with Gasteiger partial charge in [0, 0.05) is 24.1 Å². The van der Waals surface area contributed by atoms with Gasteiger partial charge in [0.05, 0.1) is 0 Å². The lowest BCUT2D eigenvalue weighted by Crippen LogP contribution is -2.38. The summed E-state index contributed by atoms with van der Waals surface area (Å²) in [5.74, 6) is -2.67. The predicted molar refractivity (Wildman–Crippen MR) is 101 cm³/mol. The lowest BCUT2D eigenvalue weighted by molar-refractivity contribution is -0.159. The maximum absolute atomic E-state index is 11.9. The van der Waals surface area contributed by atoms with Gasteiger partial charge in [0.15, 0.2) is 5.78 Å². The first-order chi connectivity index (χ1) is 13.4. The van der Waals surface area contributed by atoms with E-state index in [9.17, 15) is 9.90 Å². The standard InChI is InChI=1S/C18H25NO3.C2H2O4/c20-14(12-19-10-2-1-3-11-19)13-22-18-9-5-6-15-16(18)7-4-8-17(15)21;3-1(4)2(5)6/h5-6,9,14,20H,1-4,7-8,10-13H2;(H,3,4)(H,5,6). The molecular formula is C20H27NO7. The van der Waals surface area contributed by atoms with E-state index in [0.717, 1.165) is 42.8 Å². The SMILES string of the molecule is O=C(O)C(=O)O.O=C1CCCc2c(OCC(O)CN3CCCCC3)cccc21. The van der Waals surface area contributed by atoms with Gasteiger partial charge in [-0.2, -0.15) is 0 Å². The van der Waals surface area contributed by atoms with E-state index in [4.69, 9.17) is 24.5 Å². The number of ether oxygens (including phenoxy) is 1. The fourth-order valence-corrected chi connectivity index (χ4v) is 3.46. The zero-order chi connectivity index (χ0) is 20.5. The van der Waals surface area contributed by atoms with Crippen molar-refractivity contribution in [2.75, 3.05) is 26.2 Å². The number of likely N-dealkylation sites (tertiary alicyclic amines) is 1. The largest absolute Gasteiger partial charge is 0.491 e. The van der Waals surface area contributed by atoms with Crippen molar-refractivity contribution in [1.29, 1.82) is 0 Å². The third kappa shape index (κ3) is 6.61. The zero-order valence-corrected chi connectivity index (χ0v) is 15.8. The number of ketones is 1. The van der Waals surface area contributed by atoms with Crippen LogP contribution < -0.4 is 4.74 Å². The molecule has 1 unspecified atom stereocenters. The van der Waals surface area contributed by atoms with E-state index < -0.39 is 18.0 Å². The third-order valence-corrected chi connectivity index (χ3v) is 4.80. The number of carboxylic acid groups (broad SMARTS) is 2. The Labute approximate surface area is 163 Å². The summed E-state index contributed by atoms with van der Waals surface area (Å²) in [7, 11) is 0. The smallest absolute Gasteiger partial charge is 0.414 e. The molecule has 2 aliphatic rings. The van der Waals surface area contributed by atoms with Crippen molar-refractivity contribution in [2.24, 2.45) is 0 Å². The Hall–Kier alpha value is -2.45. The van der Waals surface area contributed by atoms with Gasteiger partial charge in [-0.25, -0.2) is 9.59 Å². The highest BCUT2D eigenvalue weighted by Gasteiger charge is 2.21. The number of aliphatic carboxylic acids is 2. The number of hydrogen-bond acceptors (Lipinski definition) is 6. The van der Waals surface area contributed by atoms with Gasteiger partial charge in [-0.3, -0.25) is 4.79 Å². The van der Waals surface area contributed by atoms with Gasteiger partial charge < -0.3 is 25.0 Å². The average molecular weight is 393 g/mol. The van der Waals surface area contributed by atoms with Crippen molar-refractivity contribution in [1.82, 2.24) is 4.90 Å². The Morgan fingerprint density at radius 1 is 1.04 bits per heavy atom. The van der Waals surface area contributed by atoms with Gasteiger partial charge in [0.1, 0.15) is 18.5 Å². The molecule has 0 amide bonds. The molecule has 0 spiro atoms. The molecule has 154 valence electrons. The molecule has 1 fully saturated rings. The number of carbonyl (C=O) groups excluding carboxylic acids is 1. The maximum Gasteiger partial charge on any atom is 0.414 e. The number of carboxylic acids is 2. The lowest BCUT2D eigenvalue weighted by Gasteiger charge is -2.28. The minimum Gasteiger partial charge on any atom is -0.491 e. The van der Waals surface area contributed by atoms with E-state index in [0.29, 0.717) is 19.6 Å². The van der Waals surface area contributed by atoms with Crippen LogP contribution in [0.1, 0.15) is 48.0 Å². The lowest BCUT2D eigenvalue weighted by atomic mass is 9.90. The maximum atomic E-state index is 11.9. The molecule has 1 saturated heterocycles. The molecular weight excluding hydrogens is 366 g/mol. The van der Waals surface area contributed by atoms with E-state index >= 15 is 0 Å². The summed E-state index contributed by atoms with van der Waals surface area (Å²) >= 11 is 0. The van der Waals surface area contributed by atoms with E-state index in [1.54, 1.807) is 0 Å². The molecule has 0 bridgehead atoms. The third-order valence-electron chi connectivity index (χ3n) is 4.80. The van der Waals surface area contributed by atoms with Crippen LogP contribution in [0.5, 0.6) is 5.75 Å². The monoisotopic (exact) mass is 393 g/mol. The van der Waals surface area contributed by atoms with Crippen molar-refractivity contribution in [3.63, 3.8) is 0 Å². The number of aliphatic hydroxyl groups is 1. The van der Waals surface area contributed by atoms with Gasteiger partial charge >= 0.3 is 11.9 Å². The fraction of sp³-hybridized carbons (Fsp3) is 0.550. The van der Waals surface area contributed by atoms with Crippen LogP contribution in [0.25, 0.3) is 0 Å². The highest BCUT2D eigenvalue weighted by Crippen LogP contribution is 2.29. The minimum absolute atomic E-state index is 0.209. The molecule has 1 atom stereocenters. The molecule has 8 nitrogen and oxygen atoms in total. The van der Waals surface area contributed by atoms with Gasteiger partial charge in [-0.05, 0) is 44.8 Å². The van der Waals surface area contributed by atoms with E-state index in [1.165, 1.54) is 19.3 Å². The predicted octanol–water partition coefficient (Wildman–Crippen LogP) is 1.59. The van der Waals surface area contributed by atoms with Crippen LogP contribution in [0.2, 0.25) is 0 Å². The Bertz CT molecular complexity index is 686. The Kier molecular flexibility index (Phi) is 8.41. The van der Waals surface area contributed by atoms with Crippen LogP contribution in [0.4, 0.5) is 0 Å². The quantitative estimate of drug-likeness (QED) is 0.644. The number of β-amino-alcohol motifs (C(OH)–C–C–N with tert-alkyl or cyclic N) is 1. The number of aliphatic hydroxyl groups excluding tert-OH is 1. The van der Waals surface area contributed by atoms with E-state index in [1.807, 2.05) is 18.2 Å². The molecule has 1 heterocycles. The number of piperidine rings is 1. The highest BCUT2D eigenvalue weighted by atomic mass is 16.5. The number of carbonyl (C=O) groups is 3. The Morgan fingerprint density at radius 3 is 2.36 bits per heavy atom. The average Bonchev–Trinajstić information content (AvgIpc) is 2.68. The molecule has 0 aromatic heterocycles. The summed E-state index contributed by atoms with van der Waals surface area (Å²) in [6.07, 6.45) is 5.68. The molecule has 28 heavy (non-hydrogen) atoms. The number of hydrogen-bond donors (Lipinski definition) is 3. The zero-order valence-electron chi connectivity index (χ0n) is 15.8. The second-order valence-electron chi connectivity index (χ2n) is 7.00. The highest BCUT2D eigenvalue weighted by molar-refractivity contribution is 6.27. The van der Waals surface area contributed by atoms with Crippen LogP contribution >= 0.6 is 0 Å². The van der Waals surface area contributed by atoms with E-state index in [2.05, 4.69) is 4.90 Å². The summed E-state index contributed by atoms with van der Waals surface area (Å²) in [5.41, 5.74) is 1.82. The Morgan fingerprint density at radius 2 is 1.71 bits per heavy atom. The van der Waals surface area contributed by atoms with Gasteiger partial charge in [0.2, 0.25) is 0 Å². The van der Waals surface area contributed by atoms with Crippen molar-refractivity contribution in [3.05, 3.63) is 29.3 Å². The second-order valence-corrected chi connectivity index (χ2v) is 7.00. The van der Waals surface area contributed by atoms with Crippen molar-refractivity contribution < 1.29 is 34.4 Å². The van der Waals surface area contributed by atoms with E-state index in [-0.39, 0.29) is 5.78 Å². The van der Waals surface area contributed by atoms with Crippen LogP contribution in [-0.2, 0) is 16.0 Å². The topological polar surface area (TPSA) is 124 Å². The molecule has 3 rings (SSSR count). The fourth-order valence-electron chi connectivity index (χ4n) is 3.46. The molecule has 1 aromatic rings. The first-order valence-corrected chi connectivity index (χ1v) is 9.53. The molecule has 1 aliphatic carbocycles. The molecule has 8 heteroatoms. The van der Waals surface area contributed by atoms with Crippen LogP contribution in [0.3, 0.4) is 0 Å². The molecule has 3 N–H and O–H groups in total. The van der Waals surface area contributed by atoms with Crippen LogP contribution in [0.15, 0.2) is 18.2 Å². The summed E-state index contributed by atoms with van der Waals surface area (Å²) < 4.78 is 5.83. The second kappa shape index (κ2) is 10.8.